The summed E-state index contributed by atoms with van der Waals surface area (Å²) in [5.41, 5.74) is -1.85. The minimum Gasteiger partial charge on any atom is -0.547 e. The molecule has 0 aliphatic carbocycles. The molecule has 17 nitrogen and oxygen atoms in total. The van der Waals surface area contributed by atoms with Gasteiger partial charge in [-0.3, -0.25) is 4.79 Å². The SMILES string of the molecule is CC(C)(C)[C@H]1C(C(=O)[O-])O[C@H](OC(C=O)C(OC(C=O)O[C@H]2C(C(=O)[O-])O[C@H](C(C)(C)C)[C@H](O)C2O)C(=O)[O-])[C@H](O)C1O.[Na+].[Na+].[Na+]. The van der Waals surface area contributed by atoms with E-state index in [0.717, 1.165) is 0 Å². The summed E-state index contributed by atoms with van der Waals surface area (Å²) < 4.78 is 25.8. The van der Waals surface area contributed by atoms with Gasteiger partial charge < -0.3 is 78.6 Å². The molecule has 0 aromatic rings. The largest absolute Gasteiger partial charge is 1.00 e. The van der Waals surface area contributed by atoms with Crippen LogP contribution < -0.4 is 104 Å². The Kier molecular flexibility index (Phi) is 20.8. The average Bonchev–Trinajstić information content (AvgIpc) is 2.87. The third-order valence-electron chi connectivity index (χ3n) is 7.15. The maximum absolute atomic E-state index is 11.9. The van der Waals surface area contributed by atoms with Gasteiger partial charge in [-0.05, 0) is 10.8 Å². The van der Waals surface area contributed by atoms with Crippen LogP contribution in [0, 0.1) is 16.7 Å². The van der Waals surface area contributed by atoms with Gasteiger partial charge in [-0.2, -0.15) is 0 Å². The predicted octanol–water partition coefficient (Wildman–Crippen LogP) is -15.2. The van der Waals surface area contributed by atoms with E-state index in [4.69, 9.17) is 23.7 Å². The molecule has 0 spiro atoms. The molecule has 2 rings (SSSR count). The summed E-state index contributed by atoms with van der Waals surface area (Å²) in [5.74, 6) is -7.17. The number of hydrogen-bond acceptors (Lipinski definition) is 17. The summed E-state index contributed by atoms with van der Waals surface area (Å²) in [6.45, 7) is 9.36. The topological polar surface area (TPSA) is 282 Å². The second-order valence-electron chi connectivity index (χ2n) is 12.5. The summed E-state index contributed by atoms with van der Waals surface area (Å²) in [7, 11) is 0. The first-order chi connectivity index (χ1) is 19.7. The Morgan fingerprint density at radius 2 is 1.24 bits per heavy atom. The fourth-order valence-electron chi connectivity index (χ4n) is 5.06. The number of aliphatic hydroxyl groups is 4. The molecule has 2 heterocycles. The van der Waals surface area contributed by atoms with Crippen molar-refractivity contribution in [3.8, 4) is 0 Å². The van der Waals surface area contributed by atoms with E-state index in [1.54, 1.807) is 41.5 Å². The normalized spacial score (nSPS) is 33.4. The van der Waals surface area contributed by atoms with Crippen LogP contribution in [0.25, 0.3) is 0 Å². The molecule has 2 fully saturated rings. The van der Waals surface area contributed by atoms with Gasteiger partial charge in [-0.15, -0.1) is 0 Å². The second kappa shape index (κ2) is 19.7. The van der Waals surface area contributed by atoms with Crippen LogP contribution in [0.1, 0.15) is 41.5 Å². The molecule has 2 aliphatic rings. The minimum absolute atomic E-state index is 0. The Morgan fingerprint density at radius 1 is 0.717 bits per heavy atom. The van der Waals surface area contributed by atoms with E-state index < -0.39 is 108 Å². The number of aliphatic carboxylic acids is 3. The zero-order chi connectivity index (χ0) is 33.2. The Morgan fingerprint density at radius 3 is 1.63 bits per heavy atom. The molecule has 0 bridgehead atoms. The van der Waals surface area contributed by atoms with Gasteiger partial charge in [-0.1, -0.05) is 41.5 Å². The molecule has 7 unspecified atom stereocenters. The van der Waals surface area contributed by atoms with Gasteiger partial charge in [0.25, 0.3) is 0 Å². The summed E-state index contributed by atoms with van der Waals surface area (Å²) >= 11 is 0. The third-order valence-corrected chi connectivity index (χ3v) is 7.15. The van der Waals surface area contributed by atoms with Gasteiger partial charge >= 0.3 is 88.7 Å². The number of hydrogen-bond donors (Lipinski definition) is 4. The van der Waals surface area contributed by atoms with Crippen molar-refractivity contribution in [3.63, 3.8) is 0 Å². The Labute approximate surface area is 331 Å². The van der Waals surface area contributed by atoms with Crippen molar-refractivity contribution in [2.75, 3.05) is 0 Å². The molecular weight excluding hydrogens is 653 g/mol. The number of aliphatic hydroxyl groups excluding tert-OH is 4. The summed E-state index contributed by atoms with van der Waals surface area (Å²) in [5, 5.41) is 77.7. The Hall–Kier alpha value is 0.390. The van der Waals surface area contributed by atoms with Crippen LogP contribution in [-0.2, 0) is 47.7 Å². The molecule has 0 aromatic heterocycles. The van der Waals surface area contributed by atoms with E-state index in [-0.39, 0.29) is 101 Å². The zero-order valence-corrected chi connectivity index (χ0v) is 33.3. The molecule has 246 valence electrons. The molecule has 0 aromatic carbocycles. The minimum atomic E-state index is -2.56. The van der Waals surface area contributed by atoms with Gasteiger partial charge in [0.2, 0.25) is 6.29 Å². The Balaban J connectivity index is 0. The fourth-order valence-corrected chi connectivity index (χ4v) is 5.06. The van der Waals surface area contributed by atoms with Crippen molar-refractivity contribution in [1.82, 2.24) is 0 Å². The molecule has 2 aliphatic heterocycles. The van der Waals surface area contributed by atoms with E-state index in [1.165, 1.54) is 0 Å². The van der Waals surface area contributed by atoms with Gasteiger partial charge in [-0.25, -0.2) is 0 Å². The first-order valence-corrected chi connectivity index (χ1v) is 13.2. The first kappa shape index (κ1) is 48.5. The smallest absolute Gasteiger partial charge is 0.547 e. The molecule has 4 N–H and O–H groups in total. The fraction of sp³-hybridized carbons (Fsp3) is 0.808. The molecule has 2 saturated heterocycles. The zero-order valence-electron chi connectivity index (χ0n) is 27.3. The summed E-state index contributed by atoms with van der Waals surface area (Å²) in [4.78, 5) is 59.0. The van der Waals surface area contributed by atoms with Crippen molar-refractivity contribution < 1.29 is 172 Å². The van der Waals surface area contributed by atoms with Crippen LogP contribution in [0.2, 0.25) is 0 Å². The maximum Gasteiger partial charge on any atom is 1.00 e. The van der Waals surface area contributed by atoms with Crippen molar-refractivity contribution >= 4 is 30.5 Å². The van der Waals surface area contributed by atoms with Crippen LogP contribution in [-0.4, -0.2) is 125 Å². The number of carboxylic acid groups (broad SMARTS) is 3. The van der Waals surface area contributed by atoms with E-state index in [9.17, 15) is 59.7 Å². The molecule has 0 saturated carbocycles. The number of carboxylic acids is 3. The predicted molar refractivity (Wildman–Crippen MR) is 129 cm³/mol. The van der Waals surface area contributed by atoms with Gasteiger partial charge in [0, 0.05) is 5.92 Å². The van der Waals surface area contributed by atoms with E-state index in [0.29, 0.717) is 0 Å². The van der Waals surface area contributed by atoms with Crippen LogP contribution in [0.15, 0.2) is 0 Å². The van der Waals surface area contributed by atoms with Gasteiger partial charge in [0.15, 0.2) is 18.9 Å². The van der Waals surface area contributed by atoms with Crippen molar-refractivity contribution in [1.29, 1.82) is 0 Å². The monoisotopic (exact) mass is 690 g/mol. The summed E-state index contributed by atoms with van der Waals surface area (Å²) in [6.07, 6.45) is -24.6. The van der Waals surface area contributed by atoms with E-state index in [1.807, 2.05) is 0 Å². The van der Waals surface area contributed by atoms with Crippen molar-refractivity contribution in [2.24, 2.45) is 16.7 Å². The number of rotatable bonds is 12. The summed E-state index contributed by atoms with van der Waals surface area (Å²) in [6, 6.07) is 0. The van der Waals surface area contributed by atoms with Crippen LogP contribution in [0.4, 0.5) is 0 Å². The van der Waals surface area contributed by atoms with Crippen LogP contribution in [0.3, 0.4) is 0 Å². The molecule has 20 heteroatoms. The van der Waals surface area contributed by atoms with E-state index >= 15 is 0 Å². The number of carbonyl (C=O) groups is 5. The standard InChI is InChI=1S/C26H40O17.3Na/c1-25(2,3)11-12(29)15(32)24(43-17(11)22(35)36)39-9(7-27)16(21(33)34)40-10(8-28)41-18-13(30)14(31)20(26(4,5)6)42-19(18)23(37)38;;;/h7-20,24,29-32H,1-6H3,(H,33,34)(H,35,36)(H,37,38);;;/q;3*+1/p-3/t9?,10?,11-,12?,13?,14-,15-,16?,17?,18-,19?,20+,24+;;;/m1.../s1. The molecule has 0 radical (unpaired) electrons. The second-order valence-corrected chi connectivity index (χ2v) is 12.5. The van der Waals surface area contributed by atoms with Crippen LogP contribution in [0.5, 0.6) is 0 Å². The molecule has 46 heavy (non-hydrogen) atoms. The number of carbonyl (C=O) groups excluding carboxylic acids is 5. The van der Waals surface area contributed by atoms with Crippen molar-refractivity contribution in [3.05, 3.63) is 0 Å². The molecule has 13 atom stereocenters. The number of ether oxygens (including phenoxy) is 5. The van der Waals surface area contributed by atoms with Crippen molar-refractivity contribution in [2.45, 2.75) is 115 Å². The quantitative estimate of drug-likeness (QED) is 0.0840. The first-order valence-electron chi connectivity index (χ1n) is 13.2. The maximum atomic E-state index is 11.9. The average molecular weight is 691 g/mol. The third kappa shape index (κ3) is 11.7. The van der Waals surface area contributed by atoms with E-state index in [2.05, 4.69) is 0 Å². The molecular formula is C26H37Na3O17. The Bertz CT molecular complexity index is 1030. The molecule has 0 amide bonds. The van der Waals surface area contributed by atoms with Crippen LogP contribution >= 0.6 is 0 Å². The number of aldehydes is 2. The van der Waals surface area contributed by atoms with Gasteiger partial charge in [0.05, 0.1) is 30.1 Å². The van der Waals surface area contributed by atoms with Gasteiger partial charge in [0.1, 0.15) is 48.8 Å².